The summed E-state index contributed by atoms with van der Waals surface area (Å²) in [4.78, 5) is 0. The highest BCUT2D eigenvalue weighted by atomic mass is 15.4. The summed E-state index contributed by atoms with van der Waals surface area (Å²) in [6.45, 7) is 19.3. The van der Waals surface area contributed by atoms with Gasteiger partial charge in [0.2, 0.25) is 0 Å². The quantitative estimate of drug-likeness (QED) is 0.520. The molecule has 17 heavy (non-hydrogen) atoms. The van der Waals surface area contributed by atoms with Crippen LogP contribution in [0.15, 0.2) is 0 Å². The van der Waals surface area contributed by atoms with E-state index in [-0.39, 0.29) is 1.43 Å². The summed E-state index contributed by atoms with van der Waals surface area (Å²) in [6.07, 6.45) is 5.16. The molecule has 1 nitrogen and oxygen atoms in total. The van der Waals surface area contributed by atoms with Crippen molar-refractivity contribution >= 4 is 0 Å². The van der Waals surface area contributed by atoms with Crippen LogP contribution in [-0.2, 0) is 0 Å². The summed E-state index contributed by atoms with van der Waals surface area (Å²) in [5.41, 5.74) is 0. The van der Waals surface area contributed by atoms with E-state index < -0.39 is 0 Å². The Hall–Kier alpha value is -0.0400. The molecule has 4 unspecified atom stereocenters. The van der Waals surface area contributed by atoms with Gasteiger partial charge in [-0.15, -0.1) is 0 Å². The van der Waals surface area contributed by atoms with E-state index in [4.69, 9.17) is 0 Å². The number of hydrogen-bond acceptors (Lipinski definition) is 0. The van der Waals surface area contributed by atoms with Crippen LogP contribution in [0.2, 0.25) is 0 Å². The third-order valence-corrected chi connectivity index (χ3v) is 5.42. The second-order valence-electron chi connectivity index (χ2n) is 5.92. The van der Waals surface area contributed by atoms with Crippen LogP contribution in [0.1, 0.15) is 82.5 Å². The van der Waals surface area contributed by atoms with Gasteiger partial charge in [-0.25, -0.2) is 0 Å². The van der Waals surface area contributed by atoms with Gasteiger partial charge in [0.25, 0.3) is 0 Å². The molecular weight excluding hydrogens is 206 g/mol. The molecule has 0 aliphatic rings. The van der Waals surface area contributed by atoms with Crippen molar-refractivity contribution in [1.82, 2.24) is 0 Å². The first-order valence-corrected chi connectivity index (χ1v) is 7.80. The molecule has 106 valence electrons. The van der Waals surface area contributed by atoms with Gasteiger partial charge in [0.15, 0.2) is 0 Å². The van der Waals surface area contributed by atoms with E-state index in [0.717, 1.165) is 24.2 Å². The van der Waals surface area contributed by atoms with Gasteiger partial charge in [-0.05, 0) is 53.4 Å². The van der Waals surface area contributed by atoms with Gasteiger partial charge in [0, 0.05) is 0 Å². The second kappa shape index (κ2) is 7.41. The third kappa shape index (κ3) is 3.05. The monoisotopic (exact) mass is 243 g/mol. The van der Waals surface area contributed by atoms with Crippen LogP contribution < -0.4 is 0 Å². The van der Waals surface area contributed by atoms with Crippen molar-refractivity contribution in [3.8, 4) is 0 Å². The van der Waals surface area contributed by atoms with Gasteiger partial charge < -0.3 is 5.91 Å². The van der Waals surface area contributed by atoms with Crippen LogP contribution in [0.4, 0.5) is 0 Å². The first-order valence-electron chi connectivity index (χ1n) is 7.80. The van der Waals surface area contributed by atoms with Crippen molar-refractivity contribution in [3.63, 3.8) is 0 Å². The molecule has 1 heteroatoms. The minimum atomic E-state index is 0. The molecule has 0 amide bonds. The average molecular weight is 243 g/mol. The molecule has 0 saturated carbocycles. The van der Waals surface area contributed by atoms with Crippen molar-refractivity contribution in [1.29, 1.82) is 0 Å². The largest absolute Gasteiger partial charge is 1.00 e. The van der Waals surface area contributed by atoms with Crippen molar-refractivity contribution in [2.45, 2.75) is 105 Å². The van der Waals surface area contributed by atoms with Crippen LogP contribution in [0.3, 0.4) is 0 Å². The predicted octanol–water partition coefficient (Wildman–Crippen LogP) is 5.11. The SMILES string of the molecule is CCC(C)[N+](C(C)CC)(C(C)CC)C(C)CC.[H-]. The first-order chi connectivity index (χ1) is 7.93. The van der Waals surface area contributed by atoms with Gasteiger partial charge in [0.05, 0.1) is 24.2 Å². The molecule has 0 fully saturated rings. The van der Waals surface area contributed by atoms with E-state index in [0.29, 0.717) is 0 Å². The minimum absolute atomic E-state index is 0. The number of nitrogens with zero attached hydrogens (tertiary/aromatic N) is 1. The number of rotatable bonds is 8. The first kappa shape index (κ1) is 17.0. The van der Waals surface area contributed by atoms with Crippen molar-refractivity contribution < 1.29 is 5.91 Å². The molecule has 0 aromatic rings. The lowest BCUT2D eigenvalue weighted by atomic mass is 9.93. The maximum atomic E-state index is 2.46. The Morgan fingerprint density at radius 1 is 0.588 bits per heavy atom. The second-order valence-corrected chi connectivity index (χ2v) is 5.92. The molecule has 0 spiro atoms. The summed E-state index contributed by atoms with van der Waals surface area (Å²) in [5.74, 6) is 0. The molecule has 0 aliphatic heterocycles. The maximum absolute atomic E-state index is 2.46. The highest BCUT2D eigenvalue weighted by Crippen LogP contribution is 2.34. The van der Waals surface area contributed by atoms with E-state index in [9.17, 15) is 0 Å². The molecule has 0 bridgehead atoms. The molecule has 4 atom stereocenters. The Balaban J connectivity index is 0. The Bertz CT molecular complexity index is 160. The zero-order valence-electron chi connectivity index (χ0n) is 14.6. The summed E-state index contributed by atoms with van der Waals surface area (Å²) < 4.78 is 1.32. The lowest BCUT2D eigenvalue weighted by Gasteiger charge is -2.55. The van der Waals surface area contributed by atoms with Crippen molar-refractivity contribution in [3.05, 3.63) is 0 Å². The standard InChI is InChI=1S/C16H36N.H/c1-9-13(5)17(14(6)10-2,15(7)11-3)16(8)12-4;/h13-16H,9-12H2,1-8H3;/q+1;-1. The Morgan fingerprint density at radius 3 is 0.882 bits per heavy atom. The highest BCUT2D eigenvalue weighted by molar-refractivity contribution is 4.69. The van der Waals surface area contributed by atoms with Gasteiger partial charge >= 0.3 is 0 Å². The molecule has 0 saturated heterocycles. The third-order valence-electron chi connectivity index (χ3n) is 5.42. The number of hydrogen-bond donors (Lipinski definition) is 0. The molecule has 0 rings (SSSR count). The average Bonchev–Trinajstić information content (AvgIpc) is 2.37. The molecule has 0 N–H and O–H groups in total. The molecule has 0 radical (unpaired) electrons. The summed E-state index contributed by atoms with van der Waals surface area (Å²) in [6, 6.07) is 3.09. The summed E-state index contributed by atoms with van der Waals surface area (Å²) in [5, 5.41) is 0. The zero-order valence-corrected chi connectivity index (χ0v) is 13.6. The lowest BCUT2D eigenvalue weighted by Crippen LogP contribution is -2.68. The fourth-order valence-corrected chi connectivity index (χ4v) is 3.87. The zero-order chi connectivity index (χ0) is 13.6. The molecule has 0 aliphatic carbocycles. The fraction of sp³-hybridized carbons (Fsp3) is 1.00. The van der Waals surface area contributed by atoms with Gasteiger partial charge in [0.1, 0.15) is 0 Å². The van der Waals surface area contributed by atoms with Crippen molar-refractivity contribution in [2.75, 3.05) is 0 Å². The van der Waals surface area contributed by atoms with Crippen LogP contribution in [-0.4, -0.2) is 28.7 Å². The van der Waals surface area contributed by atoms with Crippen LogP contribution in [0, 0.1) is 0 Å². The predicted molar refractivity (Wildman–Crippen MR) is 80.4 cm³/mol. The molecular formula is C16H37N. The fourth-order valence-electron chi connectivity index (χ4n) is 3.87. The Kier molecular flexibility index (Phi) is 7.39. The smallest absolute Gasteiger partial charge is 0.0865 e. The Labute approximate surface area is 112 Å². The van der Waals surface area contributed by atoms with Crippen molar-refractivity contribution in [2.24, 2.45) is 0 Å². The van der Waals surface area contributed by atoms with E-state index in [2.05, 4.69) is 55.4 Å². The normalized spacial score (nSPS) is 22.6. The minimum Gasteiger partial charge on any atom is -1.00 e. The van der Waals surface area contributed by atoms with Crippen LogP contribution in [0.25, 0.3) is 0 Å². The van der Waals surface area contributed by atoms with Gasteiger partial charge in [-0.2, -0.15) is 0 Å². The molecule has 0 aromatic carbocycles. The highest BCUT2D eigenvalue weighted by Gasteiger charge is 2.45. The van der Waals surface area contributed by atoms with E-state index >= 15 is 0 Å². The lowest BCUT2D eigenvalue weighted by molar-refractivity contribution is -1.01. The van der Waals surface area contributed by atoms with Gasteiger partial charge in [-0.1, -0.05) is 27.7 Å². The van der Waals surface area contributed by atoms with E-state index in [1.54, 1.807) is 0 Å². The van der Waals surface area contributed by atoms with Crippen LogP contribution >= 0.6 is 0 Å². The maximum Gasteiger partial charge on any atom is 0.0865 e. The Morgan fingerprint density at radius 2 is 0.765 bits per heavy atom. The molecule has 0 heterocycles. The van der Waals surface area contributed by atoms with Gasteiger partial charge in [-0.3, -0.25) is 0 Å². The summed E-state index contributed by atoms with van der Waals surface area (Å²) in [7, 11) is 0. The van der Waals surface area contributed by atoms with E-state index in [1.807, 2.05) is 0 Å². The van der Waals surface area contributed by atoms with Crippen LogP contribution in [0.5, 0.6) is 0 Å². The van der Waals surface area contributed by atoms with E-state index in [1.165, 1.54) is 30.2 Å². The number of quaternary nitrogens is 1. The topological polar surface area (TPSA) is 0 Å². The molecule has 0 aromatic heterocycles. The summed E-state index contributed by atoms with van der Waals surface area (Å²) >= 11 is 0.